The van der Waals surface area contributed by atoms with E-state index in [1.165, 1.54) is 17.5 Å². The number of aromatic nitrogens is 3. The highest BCUT2D eigenvalue weighted by Gasteiger charge is 2.10. The van der Waals surface area contributed by atoms with Crippen LogP contribution >= 0.6 is 22.9 Å². The minimum absolute atomic E-state index is 0.397. The summed E-state index contributed by atoms with van der Waals surface area (Å²) in [5, 5.41) is 0.595. The molecule has 2 N–H and O–H groups in total. The van der Waals surface area contributed by atoms with Crippen LogP contribution in [0.4, 0.5) is 0 Å². The Morgan fingerprint density at radius 1 is 1.33 bits per heavy atom. The topological polar surface area (TPSA) is 78.6 Å². The summed E-state index contributed by atoms with van der Waals surface area (Å²) in [5.41, 5.74) is 0.171. The first kappa shape index (κ1) is 11.2. The van der Waals surface area contributed by atoms with E-state index in [0.29, 0.717) is 15.5 Å². The van der Waals surface area contributed by atoms with Crippen LogP contribution in [0.1, 0.15) is 0 Å². The molecule has 0 fully saturated rings. The number of nitrogens with one attached hydrogen (secondary N) is 2. The van der Waals surface area contributed by atoms with Crippen LogP contribution in [0, 0.1) is 0 Å². The van der Waals surface area contributed by atoms with Gasteiger partial charge in [-0.25, -0.2) is 4.79 Å². The molecule has 0 amide bonds. The Kier molecular flexibility index (Phi) is 2.53. The van der Waals surface area contributed by atoms with Crippen LogP contribution in [0.25, 0.3) is 20.7 Å². The van der Waals surface area contributed by atoms with E-state index in [9.17, 15) is 9.59 Å². The molecule has 5 nitrogen and oxygen atoms in total. The SMILES string of the molecule is O=c1[nH]cc(-c2cc3nccc(Cl)c3s2)c(=O)[nH]1. The Bertz CT molecular complexity index is 849. The van der Waals surface area contributed by atoms with Crippen molar-refractivity contribution in [1.29, 1.82) is 0 Å². The van der Waals surface area contributed by atoms with Crippen LogP contribution in [0.2, 0.25) is 5.02 Å². The first-order valence-electron chi connectivity index (χ1n) is 5.01. The normalized spacial score (nSPS) is 10.9. The fourth-order valence-corrected chi connectivity index (χ4v) is 2.94. The van der Waals surface area contributed by atoms with E-state index >= 15 is 0 Å². The number of fused-ring (bicyclic) bond motifs is 1. The molecule has 3 aromatic heterocycles. The van der Waals surface area contributed by atoms with Crippen molar-refractivity contribution in [3.63, 3.8) is 0 Å². The van der Waals surface area contributed by atoms with E-state index in [4.69, 9.17) is 11.6 Å². The molecule has 0 aromatic carbocycles. The minimum Gasteiger partial charge on any atom is -0.313 e. The summed E-state index contributed by atoms with van der Waals surface area (Å²) in [6.07, 6.45) is 3.00. The van der Waals surface area contributed by atoms with Crippen LogP contribution in [0.15, 0.2) is 34.1 Å². The lowest BCUT2D eigenvalue weighted by Gasteiger charge is -1.93. The molecule has 90 valence electrons. The number of hydrogen-bond acceptors (Lipinski definition) is 4. The van der Waals surface area contributed by atoms with E-state index in [-0.39, 0.29) is 0 Å². The number of halogens is 1. The molecule has 0 bridgehead atoms. The van der Waals surface area contributed by atoms with Gasteiger partial charge < -0.3 is 4.98 Å². The van der Waals surface area contributed by atoms with Gasteiger partial charge in [0, 0.05) is 17.3 Å². The second kappa shape index (κ2) is 4.08. The maximum Gasteiger partial charge on any atom is 0.325 e. The maximum atomic E-state index is 11.7. The fourth-order valence-electron chi connectivity index (χ4n) is 1.63. The van der Waals surface area contributed by atoms with Gasteiger partial charge in [-0.15, -0.1) is 11.3 Å². The zero-order chi connectivity index (χ0) is 12.7. The molecule has 3 aromatic rings. The number of pyridine rings is 1. The highest BCUT2D eigenvalue weighted by Crippen LogP contribution is 2.34. The number of thiophene rings is 1. The molecule has 0 saturated carbocycles. The second-order valence-electron chi connectivity index (χ2n) is 3.60. The maximum absolute atomic E-state index is 11.7. The Balaban J connectivity index is 2.29. The first-order valence-corrected chi connectivity index (χ1v) is 6.21. The van der Waals surface area contributed by atoms with E-state index in [2.05, 4.69) is 15.0 Å². The molecule has 3 rings (SSSR count). The monoisotopic (exact) mass is 279 g/mol. The predicted molar refractivity (Wildman–Crippen MR) is 71.3 cm³/mol. The van der Waals surface area contributed by atoms with Gasteiger partial charge in [-0.3, -0.25) is 14.8 Å². The number of aromatic amines is 2. The number of H-pyrrole nitrogens is 2. The average Bonchev–Trinajstić information content (AvgIpc) is 2.74. The smallest absolute Gasteiger partial charge is 0.313 e. The standard InChI is InChI=1S/C11H6ClN3O2S/c12-6-1-2-13-7-3-8(18-9(6)7)5-4-14-11(17)15-10(5)16/h1-4H,(H2,14,15,16,17). The first-order chi connectivity index (χ1) is 8.65. The molecule has 0 atom stereocenters. The van der Waals surface area contributed by atoms with E-state index in [0.717, 1.165) is 10.2 Å². The van der Waals surface area contributed by atoms with Crippen LogP contribution in [0.3, 0.4) is 0 Å². The summed E-state index contributed by atoms with van der Waals surface area (Å²) in [7, 11) is 0. The third-order valence-corrected chi connectivity index (χ3v) is 4.07. The number of nitrogens with zero attached hydrogens (tertiary/aromatic N) is 1. The van der Waals surface area contributed by atoms with E-state index in [1.807, 2.05) is 0 Å². The van der Waals surface area contributed by atoms with Crippen molar-refractivity contribution in [2.75, 3.05) is 0 Å². The molecule has 0 saturated heterocycles. The van der Waals surface area contributed by atoms with Gasteiger partial charge in [0.15, 0.2) is 0 Å². The molecule has 3 heterocycles. The molecule has 0 aliphatic rings. The summed E-state index contributed by atoms with van der Waals surface area (Å²) in [4.78, 5) is 32.2. The van der Waals surface area contributed by atoms with E-state index in [1.54, 1.807) is 18.3 Å². The number of rotatable bonds is 1. The van der Waals surface area contributed by atoms with Crippen molar-refractivity contribution < 1.29 is 0 Å². The Morgan fingerprint density at radius 3 is 2.89 bits per heavy atom. The molecule has 7 heteroatoms. The summed E-state index contributed by atoms with van der Waals surface area (Å²) < 4.78 is 0.819. The van der Waals surface area contributed by atoms with Crippen molar-refractivity contribution in [2.24, 2.45) is 0 Å². The minimum atomic E-state index is -0.527. The molecule has 0 unspecified atom stereocenters. The highest BCUT2D eigenvalue weighted by molar-refractivity contribution is 7.22. The van der Waals surface area contributed by atoms with Gasteiger partial charge in [-0.05, 0) is 12.1 Å². The average molecular weight is 280 g/mol. The zero-order valence-electron chi connectivity index (χ0n) is 8.86. The molecule has 0 spiro atoms. The molecular formula is C11H6ClN3O2S. The van der Waals surface area contributed by atoms with Crippen LogP contribution in [0.5, 0.6) is 0 Å². The lowest BCUT2D eigenvalue weighted by atomic mass is 10.2. The Morgan fingerprint density at radius 2 is 2.17 bits per heavy atom. The van der Waals surface area contributed by atoms with Crippen molar-refractivity contribution in [3.05, 3.63) is 50.4 Å². The van der Waals surface area contributed by atoms with Crippen molar-refractivity contribution in [3.8, 4) is 10.4 Å². The van der Waals surface area contributed by atoms with Gasteiger partial charge in [-0.2, -0.15) is 0 Å². The summed E-state index contributed by atoms with van der Waals surface area (Å²) >= 11 is 7.41. The van der Waals surface area contributed by atoms with Crippen molar-refractivity contribution in [2.45, 2.75) is 0 Å². The lowest BCUT2D eigenvalue weighted by Crippen LogP contribution is -2.22. The second-order valence-corrected chi connectivity index (χ2v) is 5.06. The fraction of sp³-hybridized carbons (Fsp3) is 0. The van der Waals surface area contributed by atoms with Gasteiger partial charge in [0.1, 0.15) is 0 Å². The molecule has 0 aliphatic carbocycles. The quantitative estimate of drug-likeness (QED) is 0.715. The summed E-state index contributed by atoms with van der Waals surface area (Å²) in [6, 6.07) is 3.47. The molecule has 0 radical (unpaired) electrons. The van der Waals surface area contributed by atoms with Crippen LogP contribution < -0.4 is 11.2 Å². The summed E-state index contributed by atoms with van der Waals surface area (Å²) in [5.74, 6) is 0. The Hall–Kier alpha value is -1.92. The third-order valence-electron chi connectivity index (χ3n) is 2.45. The van der Waals surface area contributed by atoms with Crippen molar-refractivity contribution >= 4 is 33.2 Å². The molecule has 0 aliphatic heterocycles. The van der Waals surface area contributed by atoms with Gasteiger partial charge in [-0.1, -0.05) is 11.6 Å². The highest BCUT2D eigenvalue weighted by atomic mass is 35.5. The molecule has 18 heavy (non-hydrogen) atoms. The van der Waals surface area contributed by atoms with E-state index < -0.39 is 11.2 Å². The Labute approximate surface area is 109 Å². The molecular weight excluding hydrogens is 274 g/mol. The van der Waals surface area contributed by atoms with Crippen LogP contribution in [-0.2, 0) is 0 Å². The van der Waals surface area contributed by atoms with Gasteiger partial charge in [0.05, 0.1) is 20.8 Å². The largest absolute Gasteiger partial charge is 0.325 e. The van der Waals surface area contributed by atoms with Gasteiger partial charge in [0.2, 0.25) is 0 Å². The third kappa shape index (κ3) is 1.75. The van der Waals surface area contributed by atoms with Crippen molar-refractivity contribution in [1.82, 2.24) is 15.0 Å². The number of hydrogen-bond donors (Lipinski definition) is 2. The lowest BCUT2D eigenvalue weighted by molar-refractivity contribution is 1.04. The van der Waals surface area contributed by atoms with Crippen LogP contribution in [-0.4, -0.2) is 15.0 Å². The van der Waals surface area contributed by atoms with Gasteiger partial charge in [0.25, 0.3) is 5.56 Å². The van der Waals surface area contributed by atoms with Gasteiger partial charge >= 0.3 is 5.69 Å². The predicted octanol–water partition coefficient (Wildman–Crippen LogP) is 1.99. The summed E-state index contributed by atoms with van der Waals surface area (Å²) in [6.45, 7) is 0. The zero-order valence-corrected chi connectivity index (χ0v) is 10.4.